The molecule has 2 unspecified atom stereocenters. The molecule has 7 heteroatoms. The van der Waals surface area contributed by atoms with E-state index in [1.54, 1.807) is 0 Å². The van der Waals surface area contributed by atoms with E-state index in [4.69, 9.17) is 4.74 Å². The van der Waals surface area contributed by atoms with Crippen LogP contribution >= 0.6 is 8.58 Å². The second kappa shape index (κ2) is 12.8. The van der Waals surface area contributed by atoms with Gasteiger partial charge in [-0.3, -0.25) is 0 Å². The van der Waals surface area contributed by atoms with E-state index in [-0.39, 0.29) is 17.4 Å². The van der Waals surface area contributed by atoms with Crippen molar-refractivity contribution in [1.82, 2.24) is 0 Å². The monoisotopic (exact) mass is 592 g/mol. The molecule has 0 bridgehead atoms. The fourth-order valence-electron chi connectivity index (χ4n) is 4.90. The molecule has 0 aliphatic carbocycles. The standard InChI is InChI=1S/C34H42F5OP/c1-9-10-14-17-34(8,41-31-28(38)26(36)25(35)27(37)29(31)39)24-19-22(32(2,3)4)18-23(33(5,6)7)30(24)40-20-21-15-12-11-13-16-21/h11-13,15-16,18-19,41H,9-10,14,17,20H2,1-8H3. The lowest BCUT2D eigenvalue weighted by Crippen LogP contribution is -2.28. The number of hydrogen-bond acceptors (Lipinski definition) is 1. The number of benzene rings is 3. The van der Waals surface area contributed by atoms with Gasteiger partial charge >= 0.3 is 0 Å². The highest BCUT2D eigenvalue weighted by molar-refractivity contribution is 7.48. The third-order valence-electron chi connectivity index (χ3n) is 7.47. The summed E-state index contributed by atoms with van der Waals surface area (Å²) in [4.78, 5) is 0. The van der Waals surface area contributed by atoms with Crippen LogP contribution in [-0.2, 0) is 22.6 Å². The van der Waals surface area contributed by atoms with Gasteiger partial charge in [0.25, 0.3) is 0 Å². The average Bonchev–Trinajstić information content (AvgIpc) is 2.91. The Morgan fingerprint density at radius 1 is 0.683 bits per heavy atom. The van der Waals surface area contributed by atoms with Crippen molar-refractivity contribution in [3.63, 3.8) is 0 Å². The van der Waals surface area contributed by atoms with E-state index in [9.17, 15) is 13.2 Å². The minimum Gasteiger partial charge on any atom is -0.488 e. The smallest absolute Gasteiger partial charge is 0.200 e. The van der Waals surface area contributed by atoms with Crippen molar-refractivity contribution in [3.05, 3.63) is 93.8 Å². The van der Waals surface area contributed by atoms with Crippen LogP contribution in [0.15, 0.2) is 42.5 Å². The van der Waals surface area contributed by atoms with Crippen molar-refractivity contribution in [3.8, 4) is 5.75 Å². The first-order valence-corrected chi connectivity index (χ1v) is 15.2. The minimum atomic E-state index is -2.14. The van der Waals surface area contributed by atoms with Crippen LogP contribution in [0.5, 0.6) is 5.75 Å². The molecule has 0 fully saturated rings. The van der Waals surface area contributed by atoms with E-state index < -0.39 is 48.1 Å². The van der Waals surface area contributed by atoms with Gasteiger partial charge in [-0.15, -0.1) is 0 Å². The Bertz CT molecular complexity index is 1330. The molecule has 0 radical (unpaired) electrons. The average molecular weight is 593 g/mol. The summed E-state index contributed by atoms with van der Waals surface area (Å²) in [6.07, 6.45) is 2.98. The molecule has 0 aliphatic heterocycles. The lowest BCUT2D eigenvalue weighted by Gasteiger charge is -2.37. The van der Waals surface area contributed by atoms with Crippen molar-refractivity contribution in [2.45, 2.75) is 104 Å². The number of rotatable bonds is 10. The van der Waals surface area contributed by atoms with Gasteiger partial charge in [0.05, 0.1) is 5.30 Å². The van der Waals surface area contributed by atoms with Gasteiger partial charge in [0.2, 0.25) is 5.82 Å². The van der Waals surface area contributed by atoms with E-state index in [0.717, 1.165) is 41.5 Å². The quantitative estimate of drug-likeness (QED) is 0.0748. The van der Waals surface area contributed by atoms with Crippen LogP contribution in [-0.4, -0.2) is 0 Å². The highest BCUT2D eigenvalue weighted by atomic mass is 31.1. The first-order valence-electron chi connectivity index (χ1n) is 14.2. The summed E-state index contributed by atoms with van der Waals surface area (Å²) in [5.41, 5.74) is 2.98. The molecule has 41 heavy (non-hydrogen) atoms. The molecule has 0 saturated carbocycles. The Labute approximate surface area is 243 Å². The van der Waals surface area contributed by atoms with Gasteiger partial charge in [-0.1, -0.05) is 126 Å². The predicted molar refractivity (Wildman–Crippen MR) is 160 cm³/mol. The molecule has 3 rings (SSSR count). The molecule has 0 heterocycles. The molecule has 0 saturated heterocycles. The van der Waals surface area contributed by atoms with Crippen LogP contribution in [0, 0.1) is 29.1 Å². The Morgan fingerprint density at radius 3 is 1.73 bits per heavy atom. The highest BCUT2D eigenvalue weighted by Gasteiger charge is 2.38. The minimum absolute atomic E-state index is 0.266. The summed E-state index contributed by atoms with van der Waals surface area (Å²) >= 11 is 0. The zero-order valence-electron chi connectivity index (χ0n) is 25.4. The van der Waals surface area contributed by atoms with Crippen LogP contribution in [0.25, 0.3) is 0 Å². The van der Waals surface area contributed by atoms with Gasteiger partial charge in [-0.05, 0) is 28.4 Å². The molecule has 224 valence electrons. The van der Waals surface area contributed by atoms with Crippen molar-refractivity contribution in [2.75, 3.05) is 0 Å². The summed E-state index contributed by atoms with van der Waals surface area (Å²) < 4.78 is 79.4. The zero-order chi connectivity index (χ0) is 30.8. The maximum absolute atomic E-state index is 15.1. The number of unbranched alkanes of at least 4 members (excludes halogenated alkanes) is 2. The number of halogens is 5. The van der Waals surface area contributed by atoms with Crippen molar-refractivity contribution in [2.24, 2.45) is 0 Å². The fourth-order valence-corrected chi connectivity index (χ4v) is 6.51. The van der Waals surface area contributed by atoms with Crippen LogP contribution in [0.4, 0.5) is 22.0 Å². The zero-order valence-corrected chi connectivity index (χ0v) is 26.4. The SMILES string of the molecule is CCCCCC(C)(Pc1c(F)c(F)c(F)c(F)c1F)c1cc(C(C)(C)C)cc(C(C)(C)C)c1OCc1ccccc1. The number of ether oxygens (including phenoxy) is 1. The fraction of sp³-hybridized carbons (Fsp3) is 0.471. The second-order valence-electron chi connectivity index (χ2n) is 13.0. The van der Waals surface area contributed by atoms with Crippen LogP contribution in [0.1, 0.15) is 103 Å². The van der Waals surface area contributed by atoms with Crippen molar-refractivity contribution >= 4 is 13.9 Å². The molecule has 0 N–H and O–H groups in total. The molecule has 0 amide bonds. The van der Waals surface area contributed by atoms with Crippen molar-refractivity contribution in [1.29, 1.82) is 0 Å². The molecule has 0 aromatic heterocycles. The molecular formula is C34H42F5OP. The summed E-state index contributed by atoms with van der Waals surface area (Å²) in [5, 5.41) is -1.74. The normalized spacial score (nSPS) is 14.1. The highest BCUT2D eigenvalue weighted by Crippen LogP contribution is 2.52. The molecule has 0 spiro atoms. The van der Waals surface area contributed by atoms with E-state index in [1.165, 1.54) is 0 Å². The maximum Gasteiger partial charge on any atom is 0.200 e. The summed E-state index contributed by atoms with van der Waals surface area (Å²) in [6, 6.07) is 13.8. The molecular weight excluding hydrogens is 550 g/mol. The molecule has 0 aliphatic rings. The molecule has 3 aromatic carbocycles. The lowest BCUT2D eigenvalue weighted by atomic mass is 9.76. The summed E-state index contributed by atoms with van der Waals surface area (Å²) in [7, 11) is -0.726. The van der Waals surface area contributed by atoms with Crippen LogP contribution in [0.3, 0.4) is 0 Å². The van der Waals surface area contributed by atoms with E-state index >= 15 is 8.78 Å². The van der Waals surface area contributed by atoms with E-state index in [0.29, 0.717) is 12.2 Å². The van der Waals surface area contributed by atoms with Gasteiger partial charge < -0.3 is 4.74 Å². The molecule has 2 atom stereocenters. The molecule has 1 nitrogen and oxygen atoms in total. The van der Waals surface area contributed by atoms with Gasteiger partial charge in [0, 0.05) is 16.3 Å². The first-order chi connectivity index (χ1) is 19.0. The summed E-state index contributed by atoms with van der Waals surface area (Å²) in [6.45, 7) is 16.7. The largest absolute Gasteiger partial charge is 0.488 e. The van der Waals surface area contributed by atoms with Crippen LogP contribution < -0.4 is 10.0 Å². The van der Waals surface area contributed by atoms with Gasteiger partial charge in [0.15, 0.2) is 23.3 Å². The second-order valence-corrected chi connectivity index (χ2v) is 14.9. The van der Waals surface area contributed by atoms with Gasteiger partial charge in [0.1, 0.15) is 12.4 Å². The third-order valence-corrected chi connectivity index (χ3v) is 9.23. The van der Waals surface area contributed by atoms with Gasteiger partial charge in [-0.2, -0.15) is 0 Å². The number of hydrogen-bond donors (Lipinski definition) is 0. The Morgan fingerprint density at radius 2 is 1.22 bits per heavy atom. The Hall–Kier alpha value is -2.46. The Balaban J connectivity index is 2.34. The van der Waals surface area contributed by atoms with Gasteiger partial charge in [-0.25, -0.2) is 22.0 Å². The van der Waals surface area contributed by atoms with E-state index in [2.05, 4.69) is 54.5 Å². The van der Waals surface area contributed by atoms with Crippen molar-refractivity contribution < 1.29 is 26.7 Å². The summed E-state index contributed by atoms with van der Waals surface area (Å²) in [5.74, 6) is -8.90. The molecule has 3 aromatic rings. The Kier molecular flexibility index (Phi) is 10.3. The first kappa shape index (κ1) is 33.0. The van der Waals surface area contributed by atoms with E-state index in [1.807, 2.05) is 43.3 Å². The van der Waals surface area contributed by atoms with Crippen LogP contribution in [0.2, 0.25) is 0 Å². The topological polar surface area (TPSA) is 9.23 Å². The maximum atomic E-state index is 15.1. The lowest BCUT2D eigenvalue weighted by molar-refractivity contribution is 0.290. The predicted octanol–water partition coefficient (Wildman–Crippen LogP) is 10.4. The third kappa shape index (κ3) is 7.49.